The molecule has 10 heteroatoms. The van der Waals surface area contributed by atoms with Crippen LogP contribution in [-0.4, -0.2) is 70.6 Å². The molecule has 150 valence electrons. The lowest BCUT2D eigenvalue weighted by Crippen LogP contribution is -2.47. The van der Waals surface area contributed by atoms with Gasteiger partial charge in [0.1, 0.15) is 22.4 Å². The molecule has 1 aromatic rings. The average Bonchev–Trinajstić information content (AvgIpc) is 3.19. The van der Waals surface area contributed by atoms with E-state index in [1.807, 2.05) is 0 Å². The van der Waals surface area contributed by atoms with Gasteiger partial charge in [0.2, 0.25) is 5.91 Å². The molecule has 0 spiro atoms. The van der Waals surface area contributed by atoms with Crippen molar-refractivity contribution in [2.45, 2.75) is 12.1 Å². The Balaban J connectivity index is 1.73. The summed E-state index contributed by atoms with van der Waals surface area (Å²) in [6, 6.07) is 4.98. The molecule has 0 bridgehead atoms. The van der Waals surface area contributed by atoms with Crippen molar-refractivity contribution in [2.75, 3.05) is 32.3 Å². The molecule has 2 amide bonds. The number of thioether (sulfide) groups is 2. The minimum Gasteiger partial charge on any atom is -0.497 e. The van der Waals surface area contributed by atoms with Gasteiger partial charge in [-0.25, -0.2) is 0 Å². The van der Waals surface area contributed by atoms with Crippen LogP contribution in [0.3, 0.4) is 0 Å². The molecule has 0 saturated carbocycles. The number of rotatable bonds is 6. The maximum atomic E-state index is 12.8. The summed E-state index contributed by atoms with van der Waals surface area (Å²) in [5.41, 5.74) is 0.679. The predicted molar refractivity (Wildman–Crippen MR) is 115 cm³/mol. The van der Waals surface area contributed by atoms with Crippen molar-refractivity contribution in [2.24, 2.45) is 0 Å². The standard InChI is InChI=1S/C18H20N2O5S3/c1-24-11-3-4-14(25-2)10(5-11)6-15-17(23)20(18(26)28-15)7-16(22)19-12-8-27-9-13(12)21/h3-6,12-13,21H,7-9H2,1-2H3,(H,19,22)/b15-6-. The van der Waals surface area contributed by atoms with Crippen LogP contribution in [0.5, 0.6) is 11.5 Å². The quantitative estimate of drug-likeness (QED) is 0.508. The average molecular weight is 441 g/mol. The van der Waals surface area contributed by atoms with Crippen LogP contribution in [0.25, 0.3) is 6.08 Å². The number of carbonyl (C=O) groups excluding carboxylic acids is 2. The van der Waals surface area contributed by atoms with Gasteiger partial charge in [0, 0.05) is 17.1 Å². The third kappa shape index (κ3) is 4.62. The van der Waals surface area contributed by atoms with E-state index in [0.717, 1.165) is 11.8 Å². The number of amides is 2. The first kappa shape index (κ1) is 21.0. The van der Waals surface area contributed by atoms with Gasteiger partial charge in [-0.3, -0.25) is 14.5 Å². The molecule has 28 heavy (non-hydrogen) atoms. The molecule has 2 unspecified atom stereocenters. The molecule has 2 aliphatic rings. The lowest BCUT2D eigenvalue weighted by molar-refractivity contribution is -0.129. The number of thiocarbonyl (C=S) groups is 1. The molecule has 2 saturated heterocycles. The second-order valence-electron chi connectivity index (χ2n) is 6.15. The molecule has 1 aromatic carbocycles. The van der Waals surface area contributed by atoms with E-state index in [1.165, 1.54) is 4.90 Å². The van der Waals surface area contributed by atoms with Gasteiger partial charge in [-0.2, -0.15) is 11.8 Å². The number of methoxy groups -OCH3 is 2. The van der Waals surface area contributed by atoms with Crippen LogP contribution in [0.2, 0.25) is 0 Å². The topological polar surface area (TPSA) is 88.1 Å². The van der Waals surface area contributed by atoms with Gasteiger partial charge >= 0.3 is 0 Å². The zero-order valence-corrected chi connectivity index (χ0v) is 17.8. The predicted octanol–water partition coefficient (Wildman–Crippen LogP) is 1.50. The molecule has 2 heterocycles. The molecular formula is C18H20N2O5S3. The molecule has 3 rings (SSSR count). The highest BCUT2D eigenvalue weighted by molar-refractivity contribution is 8.26. The maximum absolute atomic E-state index is 12.8. The highest BCUT2D eigenvalue weighted by Crippen LogP contribution is 2.35. The number of benzene rings is 1. The highest BCUT2D eigenvalue weighted by Gasteiger charge is 2.35. The Bertz CT molecular complexity index is 829. The van der Waals surface area contributed by atoms with Crippen LogP contribution in [0.1, 0.15) is 5.56 Å². The Morgan fingerprint density at radius 3 is 2.82 bits per heavy atom. The number of aliphatic hydroxyl groups is 1. The van der Waals surface area contributed by atoms with E-state index in [4.69, 9.17) is 21.7 Å². The molecular weight excluding hydrogens is 420 g/mol. The van der Waals surface area contributed by atoms with E-state index in [9.17, 15) is 14.7 Å². The highest BCUT2D eigenvalue weighted by atomic mass is 32.2. The van der Waals surface area contributed by atoms with E-state index in [2.05, 4.69) is 5.32 Å². The minimum atomic E-state index is -0.569. The summed E-state index contributed by atoms with van der Waals surface area (Å²) < 4.78 is 10.9. The molecule has 2 N–H and O–H groups in total. The third-order valence-electron chi connectivity index (χ3n) is 4.30. The van der Waals surface area contributed by atoms with E-state index in [0.29, 0.717) is 37.8 Å². The summed E-state index contributed by atoms with van der Waals surface area (Å²) in [5.74, 6) is 1.80. The fourth-order valence-corrected chi connectivity index (χ4v) is 5.22. The Morgan fingerprint density at radius 1 is 1.39 bits per heavy atom. The van der Waals surface area contributed by atoms with Gasteiger partial charge in [0.15, 0.2) is 0 Å². The maximum Gasteiger partial charge on any atom is 0.266 e. The van der Waals surface area contributed by atoms with E-state index in [-0.39, 0.29) is 24.4 Å². The number of aliphatic hydroxyl groups excluding tert-OH is 1. The molecule has 7 nitrogen and oxygen atoms in total. The van der Waals surface area contributed by atoms with Gasteiger partial charge in [-0.05, 0) is 24.3 Å². The fraction of sp³-hybridized carbons (Fsp3) is 0.389. The van der Waals surface area contributed by atoms with Crippen LogP contribution >= 0.6 is 35.7 Å². The summed E-state index contributed by atoms with van der Waals surface area (Å²) in [7, 11) is 3.11. The van der Waals surface area contributed by atoms with Crippen molar-refractivity contribution in [3.05, 3.63) is 28.7 Å². The van der Waals surface area contributed by atoms with Crippen LogP contribution < -0.4 is 14.8 Å². The van der Waals surface area contributed by atoms with Crippen molar-refractivity contribution in [1.29, 1.82) is 0 Å². The number of ether oxygens (including phenoxy) is 2. The van der Waals surface area contributed by atoms with Crippen molar-refractivity contribution >= 4 is 58.0 Å². The van der Waals surface area contributed by atoms with E-state index >= 15 is 0 Å². The fourth-order valence-electron chi connectivity index (χ4n) is 2.81. The second kappa shape index (κ2) is 9.17. The SMILES string of the molecule is COc1ccc(OC)c(/C=C2\SC(=S)N(CC(=O)NC3CSCC3O)C2=O)c1. The first-order chi connectivity index (χ1) is 13.4. The molecule has 2 fully saturated rings. The molecule has 0 radical (unpaired) electrons. The van der Waals surface area contributed by atoms with Gasteiger partial charge in [0.05, 0.1) is 31.3 Å². The van der Waals surface area contributed by atoms with Crippen LogP contribution in [0, 0.1) is 0 Å². The zero-order valence-electron chi connectivity index (χ0n) is 15.3. The van der Waals surface area contributed by atoms with Gasteiger partial charge in [-0.1, -0.05) is 24.0 Å². The summed E-state index contributed by atoms with van der Waals surface area (Å²) >= 11 is 7.99. The van der Waals surface area contributed by atoms with Crippen LogP contribution in [0.4, 0.5) is 0 Å². The first-order valence-electron chi connectivity index (χ1n) is 8.45. The van der Waals surface area contributed by atoms with Crippen molar-refractivity contribution < 1.29 is 24.2 Å². The minimum absolute atomic E-state index is 0.175. The van der Waals surface area contributed by atoms with Crippen molar-refractivity contribution in [1.82, 2.24) is 10.2 Å². The number of hydrogen-bond donors (Lipinski definition) is 2. The number of carbonyl (C=O) groups is 2. The molecule has 2 atom stereocenters. The molecule has 0 aromatic heterocycles. The smallest absolute Gasteiger partial charge is 0.266 e. The lowest BCUT2D eigenvalue weighted by Gasteiger charge is -2.18. The number of nitrogens with zero attached hydrogens (tertiary/aromatic N) is 1. The first-order valence-corrected chi connectivity index (χ1v) is 10.8. The van der Waals surface area contributed by atoms with Crippen molar-refractivity contribution in [3.63, 3.8) is 0 Å². The van der Waals surface area contributed by atoms with Gasteiger partial charge < -0.3 is 19.9 Å². The van der Waals surface area contributed by atoms with Crippen LogP contribution in [0.15, 0.2) is 23.1 Å². The summed E-state index contributed by atoms with van der Waals surface area (Å²) in [6.45, 7) is -0.175. The number of hydrogen-bond acceptors (Lipinski definition) is 8. The monoisotopic (exact) mass is 440 g/mol. The number of nitrogens with one attached hydrogen (secondary N) is 1. The Morgan fingerprint density at radius 2 is 2.18 bits per heavy atom. The Labute approximate surface area is 176 Å². The largest absolute Gasteiger partial charge is 0.497 e. The molecule has 2 aliphatic heterocycles. The zero-order chi connectivity index (χ0) is 20.3. The van der Waals surface area contributed by atoms with Gasteiger partial charge in [-0.15, -0.1) is 0 Å². The Hall–Kier alpha value is -1.75. The van der Waals surface area contributed by atoms with Crippen LogP contribution in [-0.2, 0) is 9.59 Å². The summed E-state index contributed by atoms with van der Waals surface area (Å²) in [4.78, 5) is 26.7. The van der Waals surface area contributed by atoms with E-state index in [1.54, 1.807) is 50.3 Å². The Kier molecular flexibility index (Phi) is 6.86. The van der Waals surface area contributed by atoms with Gasteiger partial charge in [0.25, 0.3) is 5.91 Å². The second-order valence-corrected chi connectivity index (χ2v) is 8.91. The van der Waals surface area contributed by atoms with E-state index < -0.39 is 6.10 Å². The lowest BCUT2D eigenvalue weighted by atomic mass is 10.1. The summed E-state index contributed by atoms with van der Waals surface area (Å²) in [6.07, 6.45) is 1.11. The van der Waals surface area contributed by atoms with Crippen molar-refractivity contribution in [3.8, 4) is 11.5 Å². The normalized spacial score (nSPS) is 23.4. The molecule has 0 aliphatic carbocycles. The third-order valence-corrected chi connectivity index (χ3v) is 6.85. The summed E-state index contributed by atoms with van der Waals surface area (Å²) in [5, 5.41) is 12.6.